The molecule has 1 aromatic heterocycles. The molecule has 1 aromatic rings. The summed E-state index contributed by atoms with van der Waals surface area (Å²) >= 11 is 0. The molecule has 0 N–H and O–H groups in total. The molecule has 0 unspecified atom stereocenters. The highest BCUT2D eigenvalue weighted by molar-refractivity contribution is 6.42. The first kappa shape index (κ1) is 11.9. The molecule has 0 spiro atoms. The summed E-state index contributed by atoms with van der Waals surface area (Å²) in [5.74, 6) is 0. The Kier molecular flexibility index (Phi) is 3.26. The van der Waals surface area contributed by atoms with Crippen LogP contribution in [0.1, 0.15) is 0 Å². The third-order valence-corrected chi connectivity index (χ3v) is 3.23. The van der Waals surface area contributed by atoms with E-state index in [2.05, 4.69) is 9.14 Å². The van der Waals surface area contributed by atoms with Crippen molar-refractivity contribution in [2.75, 3.05) is 0 Å². The lowest BCUT2D eigenvalue weighted by atomic mass is 9.74. The first-order valence-corrected chi connectivity index (χ1v) is 4.83. The van der Waals surface area contributed by atoms with Crippen LogP contribution < -0.4 is 17.9 Å². The Morgan fingerprint density at radius 2 is 1.47 bits per heavy atom. The average molecular weight is 212 g/mol. The van der Waals surface area contributed by atoms with Gasteiger partial charge in [-0.1, -0.05) is 13.6 Å². The molecule has 1 heterocycles. The Morgan fingerprint density at radius 3 is 1.80 bits per heavy atom. The standard InChI is InChI=1S/C5H15B3N4O3/c1-6-9(3)7(2)11(5)8(10(6)4)15-12(13)14/h1-5H3. The fraction of sp³-hybridized carbons (Fsp3) is 1.00. The minimum atomic E-state index is -0.748. The maximum atomic E-state index is 10.4. The molecule has 82 valence electrons. The zero-order chi connectivity index (χ0) is 11.7. The lowest BCUT2D eigenvalue weighted by Crippen LogP contribution is -2.82. The van der Waals surface area contributed by atoms with E-state index in [0.29, 0.717) is 0 Å². The van der Waals surface area contributed by atoms with Crippen LogP contribution >= 0.6 is 0 Å². The first-order valence-electron chi connectivity index (χ1n) is 4.83. The molecular formula is C5H15B3N4O3. The van der Waals surface area contributed by atoms with Gasteiger partial charge in [-0.2, -0.15) is 0 Å². The molecule has 0 saturated heterocycles. The van der Waals surface area contributed by atoms with Gasteiger partial charge in [-0.15, -0.1) is 10.1 Å². The predicted molar refractivity (Wildman–Crippen MR) is 53.4 cm³/mol. The third kappa shape index (κ3) is 2.08. The van der Waals surface area contributed by atoms with E-state index in [1.165, 1.54) is 0 Å². The minimum absolute atomic E-state index is 0.0983. The summed E-state index contributed by atoms with van der Waals surface area (Å²) in [4.78, 5) is 10.4. The third-order valence-electron chi connectivity index (χ3n) is 3.23. The summed E-state index contributed by atoms with van der Waals surface area (Å²) in [6.07, 6.45) is 0. The number of hydrogen-bond donors (Lipinski definition) is 0. The van der Waals surface area contributed by atoms with Gasteiger partial charge in [-0.05, 0) is 0 Å². The van der Waals surface area contributed by atoms with E-state index in [-0.39, 0.29) is 13.3 Å². The van der Waals surface area contributed by atoms with Crippen molar-refractivity contribution < 1.29 is 23.0 Å². The zero-order valence-corrected chi connectivity index (χ0v) is 9.75. The quantitative estimate of drug-likeness (QED) is 0.369. The number of nitrogens with zero attached hydrogens (tertiary/aromatic N) is 4. The van der Waals surface area contributed by atoms with Crippen molar-refractivity contribution >= 4 is 20.1 Å². The fourth-order valence-electron chi connectivity index (χ4n) is 1.77. The molecular weight excluding hydrogens is 197 g/mol. The molecule has 7 nitrogen and oxygen atoms in total. The second-order valence-electron chi connectivity index (χ2n) is 3.92. The monoisotopic (exact) mass is 212 g/mol. The highest BCUT2D eigenvalue weighted by Crippen LogP contribution is 1.62. The fourth-order valence-corrected chi connectivity index (χ4v) is 1.77. The molecule has 0 aliphatic heterocycles. The largest absolute Gasteiger partial charge is 0.624 e. The van der Waals surface area contributed by atoms with E-state index >= 15 is 0 Å². The Balaban J connectivity index is 3.45. The Bertz CT molecular complexity index is 409. The lowest BCUT2D eigenvalue weighted by molar-refractivity contribution is -0.791. The van der Waals surface area contributed by atoms with Gasteiger partial charge in [0.15, 0.2) is 0 Å². The lowest BCUT2D eigenvalue weighted by Gasteiger charge is -2.26. The van der Waals surface area contributed by atoms with Crippen LogP contribution in [-0.4, -0.2) is 25.2 Å². The topological polar surface area (TPSA) is 64.0 Å². The highest BCUT2D eigenvalue weighted by atomic mass is 16.9. The molecule has 15 heavy (non-hydrogen) atoms. The van der Waals surface area contributed by atoms with Gasteiger partial charge >= 0.3 is 20.1 Å². The molecule has 0 aromatic carbocycles. The first-order chi connectivity index (χ1) is 6.86. The van der Waals surface area contributed by atoms with Crippen LogP contribution in [0.25, 0.3) is 0 Å². The molecule has 0 aliphatic rings. The summed E-state index contributed by atoms with van der Waals surface area (Å²) < 4.78 is 10.4. The minimum Gasteiger partial charge on any atom is -0.624 e. The van der Waals surface area contributed by atoms with Gasteiger partial charge in [0.2, 0.25) is 0 Å². The van der Waals surface area contributed by atoms with Crippen molar-refractivity contribution in [2.24, 2.45) is 34.8 Å². The van der Waals surface area contributed by atoms with E-state index < -0.39 is 11.9 Å². The molecule has 0 amide bonds. The molecule has 0 aliphatic carbocycles. The summed E-state index contributed by atoms with van der Waals surface area (Å²) in [6.45, 7) is 3.54. The van der Waals surface area contributed by atoms with Crippen LogP contribution in [0.5, 0.6) is 0 Å². The Hall–Kier alpha value is -1.21. The average Bonchev–Trinajstić information content (AvgIpc) is 2.18. The van der Waals surface area contributed by atoms with Gasteiger partial charge in [0.05, 0.1) is 0 Å². The van der Waals surface area contributed by atoms with E-state index in [1.807, 2.05) is 29.5 Å². The summed E-state index contributed by atoms with van der Waals surface area (Å²) in [5, 5.41) is 9.62. The van der Waals surface area contributed by atoms with E-state index in [1.54, 1.807) is 14.1 Å². The van der Waals surface area contributed by atoms with Crippen LogP contribution in [0.2, 0.25) is 0 Å². The second-order valence-corrected chi connectivity index (χ2v) is 3.92. The van der Waals surface area contributed by atoms with Crippen molar-refractivity contribution in [3.05, 3.63) is 10.1 Å². The Labute approximate surface area is 88.7 Å². The normalized spacial score (nSPS) is 10.2. The van der Waals surface area contributed by atoms with Gasteiger partial charge in [-0.3, -0.25) is 0 Å². The van der Waals surface area contributed by atoms with E-state index in [4.69, 9.17) is 0 Å². The smallest absolute Gasteiger partial charge is 0.612 e. The molecule has 0 saturated carbocycles. The zero-order valence-electron chi connectivity index (χ0n) is 9.75. The summed E-state index contributed by atoms with van der Waals surface area (Å²) in [5.41, 5.74) is 0. The maximum Gasteiger partial charge on any atom is 0.612 e. The maximum absolute atomic E-state index is 10.4. The highest BCUT2D eigenvalue weighted by Gasteiger charge is 2.17. The van der Waals surface area contributed by atoms with E-state index in [0.717, 1.165) is 0 Å². The number of hydrogen-bond acceptors (Lipinski definition) is 3. The number of rotatable bonds is 2. The molecule has 0 fully saturated rings. The van der Waals surface area contributed by atoms with Gasteiger partial charge in [0.25, 0.3) is 5.09 Å². The van der Waals surface area contributed by atoms with Crippen molar-refractivity contribution in [1.82, 2.24) is 0 Å². The second kappa shape index (κ2) is 4.12. The van der Waals surface area contributed by atoms with Crippen molar-refractivity contribution in [1.29, 1.82) is 0 Å². The Morgan fingerprint density at radius 1 is 1.07 bits per heavy atom. The molecule has 0 atom stereocenters. The summed E-state index contributed by atoms with van der Waals surface area (Å²) in [6, 6.07) is 0. The molecule has 0 bridgehead atoms. The van der Waals surface area contributed by atoms with Crippen LogP contribution in [-0.2, 0) is 34.8 Å². The summed E-state index contributed by atoms with van der Waals surface area (Å²) in [7, 11) is 5.58. The molecule has 10 heteroatoms. The molecule has 0 radical (unpaired) electrons. The van der Waals surface area contributed by atoms with E-state index in [9.17, 15) is 10.1 Å². The predicted octanol–water partition coefficient (Wildman–Crippen LogP) is -4.07. The van der Waals surface area contributed by atoms with Crippen LogP contribution in [0, 0.1) is 10.1 Å². The van der Waals surface area contributed by atoms with Gasteiger partial charge in [0, 0.05) is 21.1 Å². The van der Waals surface area contributed by atoms with Crippen molar-refractivity contribution in [2.45, 2.75) is 0 Å². The van der Waals surface area contributed by atoms with Crippen LogP contribution in [0.4, 0.5) is 0 Å². The van der Waals surface area contributed by atoms with Crippen LogP contribution in [0.15, 0.2) is 0 Å². The van der Waals surface area contributed by atoms with Gasteiger partial charge < -0.3 is 17.9 Å². The number of aromatic nitrogens is 3. The van der Waals surface area contributed by atoms with Crippen LogP contribution in [0.3, 0.4) is 0 Å². The van der Waals surface area contributed by atoms with Crippen molar-refractivity contribution in [3.63, 3.8) is 0 Å². The van der Waals surface area contributed by atoms with Crippen molar-refractivity contribution in [3.8, 4) is 0 Å². The molecule has 1 rings (SSSR count). The SMILES string of the molecule is C[b-]1[n+](C)[b-](C)[n+](C)[b-](O[N+](=O)[O-])[n+]1C. The van der Waals surface area contributed by atoms with Gasteiger partial charge in [-0.25, -0.2) is 0 Å². The van der Waals surface area contributed by atoms with Gasteiger partial charge in [0.1, 0.15) is 0 Å².